The lowest BCUT2D eigenvalue weighted by Gasteiger charge is -2.12. The summed E-state index contributed by atoms with van der Waals surface area (Å²) in [5, 5.41) is 10.9. The Morgan fingerprint density at radius 1 is 1.41 bits per heavy atom. The van der Waals surface area contributed by atoms with Crippen LogP contribution in [0, 0.1) is 5.41 Å². The molecule has 1 aromatic carbocycles. The number of benzene rings is 1. The minimum Gasteiger partial charge on any atom is -0.497 e. The summed E-state index contributed by atoms with van der Waals surface area (Å²) in [6.45, 7) is 1.40. The van der Waals surface area contributed by atoms with E-state index in [0.717, 1.165) is 35.2 Å². The number of hydrogen-bond donors (Lipinski definition) is 4. The number of likely N-dealkylation sites (N-methyl/N-ethyl adjacent to an activating group) is 1. The summed E-state index contributed by atoms with van der Waals surface area (Å²) >= 11 is 0. The molecule has 8 heteroatoms. The highest BCUT2D eigenvalue weighted by Crippen LogP contribution is 2.27. The van der Waals surface area contributed by atoms with Crippen molar-refractivity contribution in [2.45, 2.75) is 25.3 Å². The average molecular weight is 374 g/mol. The number of guanidine groups is 1. The standard InChI is InChI=1S/C19H30N6O2/c1-24(2)10-8-13-12-25(17-7-6-14(27-3)11-15(13)17)18(26)16(20)5-4-9-23-19(21)22/h6-7,11-12,16H,4-5,8-10,20H2,1-3H3,(H4,21,22,23). The summed E-state index contributed by atoms with van der Waals surface area (Å²) in [6.07, 6.45) is 3.90. The van der Waals surface area contributed by atoms with E-state index < -0.39 is 6.04 Å². The molecule has 8 nitrogen and oxygen atoms in total. The van der Waals surface area contributed by atoms with Gasteiger partial charge in [0, 0.05) is 24.7 Å². The number of methoxy groups -OCH3 is 1. The molecule has 0 bridgehead atoms. The van der Waals surface area contributed by atoms with Crippen molar-refractivity contribution < 1.29 is 9.53 Å². The zero-order chi connectivity index (χ0) is 20.0. The van der Waals surface area contributed by atoms with Crippen LogP contribution >= 0.6 is 0 Å². The molecule has 1 atom stereocenters. The summed E-state index contributed by atoms with van der Waals surface area (Å²) in [4.78, 5) is 15.0. The molecule has 0 saturated heterocycles. The Morgan fingerprint density at radius 3 is 2.78 bits per heavy atom. The molecule has 6 N–H and O–H groups in total. The zero-order valence-electron chi connectivity index (χ0n) is 16.3. The van der Waals surface area contributed by atoms with Gasteiger partial charge in [-0.1, -0.05) is 0 Å². The van der Waals surface area contributed by atoms with Gasteiger partial charge in [0.05, 0.1) is 18.7 Å². The molecule has 148 valence electrons. The van der Waals surface area contributed by atoms with Gasteiger partial charge in [-0.15, -0.1) is 0 Å². The van der Waals surface area contributed by atoms with E-state index in [0.29, 0.717) is 19.4 Å². The van der Waals surface area contributed by atoms with Gasteiger partial charge in [0.25, 0.3) is 0 Å². The minimum atomic E-state index is -0.613. The van der Waals surface area contributed by atoms with Crippen LogP contribution in [-0.4, -0.2) is 61.7 Å². The lowest BCUT2D eigenvalue weighted by molar-refractivity contribution is 0.0879. The predicted molar refractivity (Wildman–Crippen MR) is 109 cm³/mol. The third-order valence-corrected chi connectivity index (χ3v) is 4.48. The summed E-state index contributed by atoms with van der Waals surface area (Å²) < 4.78 is 7.00. The van der Waals surface area contributed by atoms with E-state index in [1.165, 1.54) is 0 Å². The maximum Gasteiger partial charge on any atom is 0.247 e. The lowest BCUT2D eigenvalue weighted by atomic mass is 10.1. The van der Waals surface area contributed by atoms with E-state index in [1.807, 2.05) is 38.5 Å². The lowest BCUT2D eigenvalue weighted by Crippen LogP contribution is -2.36. The van der Waals surface area contributed by atoms with Crippen LogP contribution in [0.2, 0.25) is 0 Å². The maximum atomic E-state index is 12.9. The third-order valence-electron chi connectivity index (χ3n) is 4.48. The monoisotopic (exact) mass is 374 g/mol. The largest absolute Gasteiger partial charge is 0.497 e. The molecule has 0 aliphatic heterocycles. The van der Waals surface area contributed by atoms with E-state index in [-0.39, 0.29) is 11.9 Å². The smallest absolute Gasteiger partial charge is 0.247 e. The van der Waals surface area contributed by atoms with Crippen LogP contribution in [0.1, 0.15) is 23.2 Å². The first-order chi connectivity index (χ1) is 12.8. The summed E-state index contributed by atoms with van der Waals surface area (Å²) in [5.74, 6) is 0.549. The Labute approximate surface area is 159 Å². The van der Waals surface area contributed by atoms with E-state index in [1.54, 1.807) is 11.7 Å². The van der Waals surface area contributed by atoms with Crippen molar-refractivity contribution in [3.8, 4) is 5.75 Å². The summed E-state index contributed by atoms with van der Waals surface area (Å²) in [7, 11) is 5.68. The highest BCUT2D eigenvalue weighted by molar-refractivity contribution is 5.97. The molecule has 0 aliphatic carbocycles. The maximum absolute atomic E-state index is 12.9. The van der Waals surface area contributed by atoms with Gasteiger partial charge in [0.2, 0.25) is 5.91 Å². The molecule has 0 fully saturated rings. The van der Waals surface area contributed by atoms with Crippen LogP contribution in [-0.2, 0) is 6.42 Å². The van der Waals surface area contributed by atoms with Crippen molar-refractivity contribution in [2.75, 3.05) is 34.3 Å². The fraction of sp³-hybridized carbons (Fsp3) is 0.474. The number of hydrogen-bond acceptors (Lipinski definition) is 5. The number of nitrogens with one attached hydrogen (secondary N) is 2. The van der Waals surface area contributed by atoms with E-state index >= 15 is 0 Å². The van der Waals surface area contributed by atoms with Crippen LogP contribution in [0.4, 0.5) is 0 Å². The normalized spacial score (nSPS) is 12.3. The van der Waals surface area contributed by atoms with Gasteiger partial charge in [-0.25, -0.2) is 0 Å². The van der Waals surface area contributed by atoms with Crippen molar-refractivity contribution in [3.05, 3.63) is 30.0 Å². The first kappa shape index (κ1) is 20.7. The predicted octanol–water partition coefficient (Wildman–Crippen LogP) is 0.985. The van der Waals surface area contributed by atoms with Crippen molar-refractivity contribution >= 4 is 22.8 Å². The second-order valence-electron chi connectivity index (χ2n) is 6.89. The molecule has 0 saturated carbocycles. The van der Waals surface area contributed by atoms with Gasteiger partial charge in [-0.2, -0.15) is 0 Å². The molecule has 0 amide bonds. The molecule has 0 spiro atoms. The van der Waals surface area contributed by atoms with Crippen LogP contribution in [0.15, 0.2) is 24.4 Å². The van der Waals surface area contributed by atoms with Crippen molar-refractivity contribution in [1.29, 1.82) is 5.41 Å². The Morgan fingerprint density at radius 2 is 2.15 bits per heavy atom. The number of nitrogens with two attached hydrogens (primary N) is 2. The van der Waals surface area contributed by atoms with Gasteiger partial charge in [0.15, 0.2) is 5.96 Å². The fourth-order valence-electron chi connectivity index (χ4n) is 2.98. The number of rotatable bonds is 9. The highest BCUT2D eigenvalue weighted by atomic mass is 16.5. The first-order valence-electron chi connectivity index (χ1n) is 9.04. The number of carbonyl (C=O) groups is 1. The fourth-order valence-corrected chi connectivity index (χ4v) is 2.98. The topological polar surface area (TPSA) is 122 Å². The minimum absolute atomic E-state index is 0.0780. The second-order valence-corrected chi connectivity index (χ2v) is 6.89. The Kier molecular flexibility index (Phi) is 7.20. The Balaban J connectivity index is 2.22. The highest BCUT2D eigenvalue weighted by Gasteiger charge is 2.20. The number of aromatic nitrogens is 1. The molecule has 1 heterocycles. The number of ether oxygens (including phenoxy) is 1. The number of nitrogens with zero attached hydrogens (tertiary/aromatic N) is 2. The van der Waals surface area contributed by atoms with Crippen molar-refractivity contribution in [2.24, 2.45) is 11.5 Å². The van der Waals surface area contributed by atoms with Crippen LogP contribution in [0.25, 0.3) is 10.9 Å². The van der Waals surface area contributed by atoms with E-state index in [2.05, 4.69) is 10.2 Å². The third kappa shape index (κ3) is 5.45. The average Bonchev–Trinajstić information content (AvgIpc) is 3.00. The zero-order valence-corrected chi connectivity index (χ0v) is 16.3. The molecule has 1 aromatic heterocycles. The van der Waals surface area contributed by atoms with Crippen molar-refractivity contribution in [3.63, 3.8) is 0 Å². The molecule has 0 radical (unpaired) electrons. The molecule has 27 heavy (non-hydrogen) atoms. The Bertz CT molecular complexity index is 799. The molecule has 2 aromatic rings. The van der Waals surface area contributed by atoms with Gasteiger partial charge < -0.3 is 26.4 Å². The second kappa shape index (κ2) is 9.38. The van der Waals surface area contributed by atoms with Gasteiger partial charge in [-0.05, 0) is 57.1 Å². The Hall–Kier alpha value is -2.58. The molecular formula is C19H30N6O2. The number of fused-ring (bicyclic) bond motifs is 1. The molecule has 2 rings (SSSR count). The molecule has 0 aliphatic rings. The van der Waals surface area contributed by atoms with Crippen molar-refractivity contribution in [1.82, 2.24) is 14.8 Å². The van der Waals surface area contributed by atoms with Crippen LogP contribution < -0.4 is 21.5 Å². The SMILES string of the molecule is COc1ccc2c(c1)c(CCN(C)C)cn2C(=O)C(N)CCCNC(=N)N. The summed E-state index contributed by atoms with van der Waals surface area (Å²) in [6, 6.07) is 5.10. The van der Waals surface area contributed by atoms with Gasteiger partial charge >= 0.3 is 0 Å². The van der Waals surface area contributed by atoms with Gasteiger partial charge in [0.1, 0.15) is 5.75 Å². The van der Waals surface area contributed by atoms with E-state index in [4.69, 9.17) is 21.6 Å². The van der Waals surface area contributed by atoms with Gasteiger partial charge in [-0.3, -0.25) is 14.8 Å². The summed E-state index contributed by atoms with van der Waals surface area (Å²) in [5.41, 5.74) is 13.3. The van der Waals surface area contributed by atoms with E-state index in [9.17, 15) is 4.79 Å². The van der Waals surface area contributed by atoms with Crippen LogP contribution in [0.5, 0.6) is 5.75 Å². The molecular weight excluding hydrogens is 344 g/mol. The molecule has 1 unspecified atom stereocenters. The quantitative estimate of drug-likeness (QED) is 0.295. The number of carbonyl (C=O) groups excluding carboxylic acids is 1. The first-order valence-corrected chi connectivity index (χ1v) is 9.04. The van der Waals surface area contributed by atoms with Crippen LogP contribution in [0.3, 0.4) is 0 Å².